The van der Waals surface area contributed by atoms with Gasteiger partial charge in [0.1, 0.15) is 17.3 Å². The molecular formula is C31H30N2O6S2. The van der Waals surface area contributed by atoms with Crippen LogP contribution in [0.15, 0.2) is 91.0 Å². The van der Waals surface area contributed by atoms with Crippen molar-refractivity contribution < 1.29 is 29.1 Å². The van der Waals surface area contributed by atoms with E-state index in [1.165, 1.54) is 4.90 Å². The molecule has 3 atom stereocenters. The number of rotatable bonds is 11. The number of hydrogen-bond acceptors (Lipinski definition) is 7. The van der Waals surface area contributed by atoms with Crippen LogP contribution in [0, 0.1) is 0 Å². The number of nitrogens with one attached hydrogen (secondary N) is 1. The summed E-state index contributed by atoms with van der Waals surface area (Å²) in [5.41, 5.74) is 1.67. The highest BCUT2D eigenvalue weighted by atomic mass is 32.2. The van der Waals surface area contributed by atoms with Crippen LogP contribution in [0.2, 0.25) is 0 Å². The molecule has 0 spiro atoms. The Morgan fingerprint density at radius 1 is 0.829 bits per heavy atom. The fourth-order valence-corrected chi connectivity index (χ4v) is 6.53. The van der Waals surface area contributed by atoms with Gasteiger partial charge in [-0.1, -0.05) is 115 Å². The van der Waals surface area contributed by atoms with E-state index in [9.17, 15) is 29.1 Å². The molecule has 0 saturated carbocycles. The molecule has 2 amide bonds. The Morgan fingerprint density at radius 2 is 1.39 bits per heavy atom. The van der Waals surface area contributed by atoms with Crippen molar-refractivity contribution in [2.45, 2.75) is 36.6 Å². The van der Waals surface area contributed by atoms with Crippen molar-refractivity contribution in [3.8, 4) is 0 Å². The smallest absolute Gasteiger partial charge is 0.326 e. The minimum Gasteiger partial charge on any atom is -0.480 e. The van der Waals surface area contributed by atoms with E-state index in [4.69, 9.17) is 0 Å². The number of nitrogens with zero attached hydrogens (tertiary/aromatic N) is 1. The lowest BCUT2D eigenvalue weighted by atomic mass is 10.1. The lowest BCUT2D eigenvalue weighted by Crippen LogP contribution is -2.53. The number of carboxylic acid groups (broad SMARTS) is 1. The summed E-state index contributed by atoms with van der Waals surface area (Å²) in [5.74, 6) is -2.12. The van der Waals surface area contributed by atoms with E-state index in [1.54, 1.807) is 84.9 Å². The summed E-state index contributed by atoms with van der Waals surface area (Å²) in [5, 5.41) is 10.9. The van der Waals surface area contributed by atoms with Gasteiger partial charge in [0, 0.05) is 29.8 Å². The van der Waals surface area contributed by atoms with Crippen LogP contribution in [0.3, 0.4) is 0 Å². The SMILES string of the molecule is O=C(SC[C@H](SC(=O)c1ccccc1)C(=O)N1CCC[C@H]1C(=O)N[C@@H](Cc1ccccc1)C(=O)O)c1ccccc1. The number of carbonyl (C=O) groups excluding carboxylic acids is 4. The summed E-state index contributed by atoms with van der Waals surface area (Å²) in [6.07, 6.45) is 1.03. The molecule has 0 bridgehead atoms. The number of hydrogen-bond donors (Lipinski definition) is 2. The lowest BCUT2D eigenvalue weighted by molar-refractivity contribution is -0.143. The number of thioether (sulfide) groups is 2. The van der Waals surface area contributed by atoms with Crippen LogP contribution < -0.4 is 5.32 Å². The van der Waals surface area contributed by atoms with Gasteiger partial charge in [-0.25, -0.2) is 4.79 Å². The van der Waals surface area contributed by atoms with E-state index in [0.29, 0.717) is 30.5 Å². The van der Waals surface area contributed by atoms with E-state index in [1.807, 2.05) is 6.07 Å². The third-order valence-electron chi connectivity index (χ3n) is 6.65. The van der Waals surface area contributed by atoms with Crippen LogP contribution in [0.4, 0.5) is 0 Å². The fraction of sp³-hybridized carbons (Fsp3) is 0.258. The summed E-state index contributed by atoms with van der Waals surface area (Å²) >= 11 is 1.78. The average molecular weight is 591 g/mol. The molecule has 1 aliphatic rings. The number of aliphatic carboxylic acids is 1. The monoisotopic (exact) mass is 590 g/mol. The largest absolute Gasteiger partial charge is 0.480 e. The minimum absolute atomic E-state index is 0.0341. The van der Waals surface area contributed by atoms with Crippen molar-refractivity contribution in [3.05, 3.63) is 108 Å². The van der Waals surface area contributed by atoms with Crippen LogP contribution in [0.25, 0.3) is 0 Å². The number of benzene rings is 3. The molecule has 212 valence electrons. The van der Waals surface area contributed by atoms with E-state index in [0.717, 1.165) is 29.1 Å². The maximum Gasteiger partial charge on any atom is 0.326 e. The molecule has 3 aromatic rings. The molecule has 0 aliphatic carbocycles. The van der Waals surface area contributed by atoms with Gasteiger partial charge in [-0.2, -0.15) is 0 Å². The van der Waals surface area contributed by atoms with Crippen LogP contribution in [-0.4, -0.2) is 67.7 Å². The van der Waals surface area contributed by atoms with Gasteiger partial charge in [0.2, 0.25) is 22.0 Å². The quantitative estimate of drug-likeness (QED) is 0.339. The average Bonchev–Trinajstić information content (AvgIpc) is 3.50. The van der Waals surface area contributed by atoms with Crippen LogP contribution in [0.5, 0.6) is 0 Å². The molecule has 4 rings (SSSR count). The highest BCUT2D eigenvalue weighted by Crippen LogP contribution is 2.28. The van der Waals surface area contributed by atoms with Crippen molar-refractivity contribution in [2.75, 3.05) is 12.3 Å². The maximum atomic E-state index is 13.8. The predicted molar refractivity (Wildman–Crippen MR) is 160 cm³/mol. The van der Waals surface area contributed by atoms with Crippen molar-refractivity contribution in [1.82, 2.24) is 10.2 Å². The first-order valence-corrected chi connectivity index (χ1v) is 15.1. The molecular weight excluding hydrogens is 560 g/mol. The molecule has 41 heavy (non-hydrogen) atoms. The first-order chi connectivity index (χ1) is 19.8. The van der Waals surface area contributed by atoms with Gasteiger partial charge < -0.3 is 15.3 Å². The molecule has 0 aromatic heterocycles. The molecule has 0 unspecified atom stereocenters. The maximum absolute atomic E-state index is 13.8. The molecule has 10 heteroatoms. The number of carboxylic acids is 1. The highest BCUT2D eigenvalue weighted by molar-refractivity contribution is 8.18. The normalized spacial score (nSPS) is 16.0. The van der Waals surface area contributed by atoms with Gasteiger partial charge >= 0.3 is 5.97 Å². The zero-order valence-electron chi connectivity index (χ0n) is 22.2. The Labute approximate surface area is 246 Å². The predicted octanol–water partition coefficient (Wildman–Crippen LogP) is 4.31. The van der Waals surface area contributed by atoms with Gasteiger partial charge in [-0.05, 0) is 18.4 Å². The Morgan fingerprint density at radius 3 is 1.98 bits per heavy atom. The van der Waals surface area contributed by atoms with Gasteiger partial charge in [0.05, 0.1) is 0 Å². The van der Waals surface area contributed by atoms with Crippen molar-refractivity contribution in [1.29, 1.82) is 0 Å². The third-order valence-corrected chi connectivity index (χ3v) is 8.96. The molecule has 0 radical (unpaired) electrons. The lowest BCUT2D eigenvalue weighted by Gasteiger charge is -2.28. The Kier molecular flexibility index (Phi) is 10.8. The van der Waals surface area contributed by atoms with Gasteiger partial charge in [-0.3, -0.25) is 19.2 Å². The second-order valence-electron chi connectivity index (χ2n) is 9.50. The summed E-state index contributed by atoms with van der Waals surface area (Å²) in [7, 11) is 0. The second-order valence-corrected chi connectivity index (χ2v) is 11.7. The van der Waals surface area contributed by atoms with Crippen LogP contribution >= 0.6 is 23.5 Å². The van der Waals surface area contributed by atoms with Crippen LogP contribution in [-0.2, 0) is 20.8 Å². The second kappa shape index (κ2) is 14.7. The van der Waals surface area contributed by atoms with Gasteiger partial charge in [-0.15, -0.1) is 0 Å². The Hall–Kier alpha value is -3.89. The summed E-state index contributed by atoms with van der Waals surface area (Å²) in [4.78, 5) is 66.3. The first-order valence-electron chi connectivity index (χ1n) is 13.2. The summed E-state index contributed by atoms with van der Waals surface area (Å²) in [6, 6.07) is 24.2. The zero-order chi connectivity index (χ0) is 29.2. The number of carbonyl (C=O) groups is 5. The van der Waals surface area contributed by atoms with Crippen molar-refractivity contribution in [3.63, 3.8) is 0 Å². The fourth-order valence-electron chi connectivity index (χ4n) is 4.54. The topological polar surface area (TPSA) is 121 Å². The Balaban J connectivity index is 1.48. The van der Waals surface area contributed by atoms with E-state index in [2.05, 4.69) is 5.32 Å². The third kappa shape index (κ3) is 8.31. The highest BCUT2D eigenvalue weighted by Gasteiger charge is 2.39. The van der Waals surface area contributed by atoms with E-state index in [-0.39, 0.29) is 22.4 Å². The molecule has 1 heterocycles. The van der Waals surface area contributed by atoms with E-state index < -0.39 is 35.1 Å². The minimum atomic E-state index is -1.17. The molecule has 8 nitrogen and oxygen atoms in total. The summed E-state index contributed by atoms with van der Waals surface area (Å²) < 4.78 is 0. The molecule has 3 aromatic carbocycles. The van der Waals surface area contributed by atoms with Crippen molar-refractivity contribution >= 4 is 51.5 Å². The van der Waals surface area contributed by atoms with Crippen LogP contribution in [0.1, 0.15) is 39.1 Å². The standard InChI is InChI=1S/C31H30N2O6S2/c34-27(32-24(29(36)37)19-21-11-4-1-5-12-21)25-17-10-18-33(25)28(35)26(41-31(39)23-15-8-3-9-16-23)20-40-30(38)22-13-6-2-7-14-22/h1-9,11-16,24-26H,10,17-20H2,(H,32,34)(H,36,37)/t24-,25-,26-/m0/s1. The molecule has 1 saturated heterocycles. The summed E-state index contributed by atoms with van der Waals surface area (Å²) in [6.45, 7) is 0.293. The molecule has 2 N–H and O–H groups in total. The van der Waals surface area contributed by atoms with Gasteiger partial charge in [0.15, 0.2) is 0 Å². The number of likely N-dealkylation sites (tertiary alicyclic amines) is 1. The van der Waals surface area contributed by atoms with E-state index >= 15 is 0 Å². The molecule has 1 fully saturated rings. The zero-order valence-corrected chi connectivity index (χ0v) is 23.8. The van der Waals surface area contributed by atoms with Crippen molar-refractivity contribution in [2.24, 2.45) is 0 Å². The van der Waals surface area contributed by atoms with Gasteiger partial charge in [0.25, 0.3) is 0 Å². The number of amides is 2. The Bertz CT molecular complexity index is 1370. The first kappa shape index (κ1) is 30.1. The molecule has 1 aliphatic heterocycles.